The lowest BCUT2D eigenvalue weighted by atomic mass is 10.2. The van der Waals surface area contributed by atoms with Gasteiger partial charge in [0.15, 0.2) is 0 Å². The second-order valence-corrected chi connectivity index (χ2v) is 7.55. The molecule has 7 heteroatoms. The first-order valence-electron chi connectivity index (χ1n) is 9.03. The first-order chi connectivity index (χ1) is 14.0. The van der Waals surface area contributed by atoms with Crippen LogP contribution in [0.3, 0.4) is 0 Å². The van der Waals surface area contributed by atoms with Gasteiger partial charge in [0, 0.05) is 4.90 Å². The van der Waals surface area contributed by atoms with Gasteiger partial charge in [-0.3, -0.25) is 4.79 Å². The van der Waals surface area contributed by atoms with Crippen LogP contribution >= 0.6 is 11.8 Å². The Hall–Kier alpha value is -3.45. The van der Waals surface area contributed by atoms with Gasteiger partial charge in [-0.2, -0.15) is 5.10 Å². The number of aryl methyl sites for hydroxylation is 1. The van der Waals surface area contributed by atoms with Crippen LogP contribution in [0.4, 0.5) is 5.69 Å². The highest BCUT2D eigenvalue weighted by Crippen LogP contribution is 2.45. The van der Waals surface area contributed by atoms with E-state index in [0.29, 0.717) is 11.3 Å². The van der Waals surface area contributed by atoms with Crippen molar-refractivity contribution < 1.29 is 15.0 Å². The monoisotopic (exact) mass is 405 g/mol. The molecular weight excluding hydrogens is 386 g/mol. The minimum absolute atomic E-state index is 0.0631. The number of benzene rings is 2. The van der Waals surface area contributed by atoms with Crippen LogP contribution in [-0.2, 0) is 4.79 Å². The average Bonchev–Trinajstić information content (AvgIpc) is 3.20. The molecule has 0 fully saturated rings. The predicted octanol–water partition coefficient (Wildman–Crippen LogP) is 4.44. The largest absolute Gasteiger partial charge is 0.493 e. The van der Waals surface area contributed by atoms with Gasteiger partial charge >= 0.3 is 5.97 Å². The van der Waals surface area contributed by atoms with Crippen LogP contribution in [0.5, 0.6) is 5.88 Å². The summed E-state index contributed by atoms with van der Waals surface area (Å²) in [4.78, 5) is 14.1. The molecule has 0 unspecified atom stereocenters. The zero-order valence-corrected chi connectivity index (χ0v) is 16.5. The van der Waals surface area contributed by atoms with Crippen LogP contribution in [0.1, 0.15) is 11.3 Å². The highest BCUT2D eigenvalue weighted by molar-refractivity contribution is 8.03. The van der Waals surface area contributed by atoms with Crippen LogP contribution in [0.25, 0.3) is 11.8 Å². The predicted molar refractivity (Wildman–Crippen MR) is 114 cm³/mol. The van der Waals surface area contributed by atoms with Crippen molar-refractivity contribution in [1.82, 2.24) is 9.78 Å². The van der Waals surface area contributed by atoms with Crippen molar-refractivity contribution in [1.29, 1.82) is 0 Å². The Morgan fingerprint density at radius 1 is 1.14 bits per heavy atom. The Labute approximate surface area is 172 Å². The van der Waals surface area contributed by atoms with E-state index in [9.17, 15) is 15.0 Å². The number of anilines is 1. The number of aromatic hydroxyl groups is 1. The van der Waals surface area contributed by atoms with Crippen molar-refractivity contribution in [3.8, 4) is 11.6 Å². The molecule has 0 amide bonds. The fourth-order valence-corrected chi connectivity index (χ4v) is 4.25. The smallest absolute Gasteiger partial charge is 0.323 e. The number of para-hydroxylation sites is 2. The van der Waals surface area contributed by atoms with Crippen LogP contribution in [0, 0.1) is 6.92 Å². The number of carboxylic acids is 1. The molecule has 0 radical (unpaired) electrons. The number of rotatable bonds is 5. The summed E-state index contributed by atoms with van der Waals surface area (Å²) in [7, 11) is 0. The maximum absolute atomic E-state index is 11.3. The van der Waals surface area contributed by atoms with E-state index in [1.165, 1.54) is 16.4 Å². The summed E-state index contributed by atoms with van der Waals surface area (Å²) in [6, 6.07) is 17.1. The van der Waals surface area contributed by atoms with E-state index in [2.05, 4.69) is 5.10 Å². The third-order valence-corrected chi connectivity index (χ3v) is 5.64. The third kappa shape index (κ3) is 3.77. The molecule has 1 aliphatic heterocycles. The second-order valence-electron chi connectivity index (χ2n) is 6.48. The number of nitrogens with zero attached hydrogens (tertiary/aromatic N) is 3. The Morgan fingerprint density at radius 3 is 2.62 bits per heavy atom. The third-order valence-electron chi connectivity index (χ3n) is 4.51. The molecule has 0 saturated carbocycles. The van der Waals surface area contributed by atoms with Gasteiger partial charge in [0.25, 0.3) is 0 Å². The Balaban J connectivity index is 1.62. The van der Waals surface area contributed by atoms with Gasteiger partial charge in [-0.25, -0.2) is 4.68 Å². The molecule has 1 aromatic heterocycles. The van der Waals surface area contributed by atoms with Gasteiger partial charge in [-0.15, -0.1) is 0 Å². The highest BCUT2D eigenvalue weighted by atomic mass is 32.2. The van der Waals surface area contributed by atoms with E-state index in [1.807, 2.05) is 73.7 Å². The molecule has 0 aliphatic carbocycles. The maximum atomic E-state index is 11.3. The molecular formula is C22H19N3O3S. The number of hydrogen-bond donors (Lipinski definition) is 2. The number of fused-ring (bicyclic) bond motifs is 1. The van der Waals surface area contributed by atoms with Gasteiger partial charge in [0.05, 0.1) is 27.7 Å². The van der Waals surface area contributed by atoms with E-state index in [4.69, 9.17) is 0 Å². The number of allylic oxidation sites excluding steroid dienone is 2. The zero-order valence-electron chi connectivity index (χ0n) is 15.7. The van der Waals surface area contributed by atoms with Gasteiger partial charge in [-0.1, -0.05) is 48.2 Å². The molecule has 2 heterocycles. The Bertz CT molecular complexity index is 1120. The lowest BCUT2D eigenvalue weighted by Crippen LogP contribution is -2.25. The molecule has 0 atom stereocenters. The van der Waals surface area contributed by atoms with E-state index >= 15 is 0 Å². The van der Waals surface area contributed by atoms with E-state index in [-0.39, 0.29) is 12.4 Å². The number of carboxylic acid groups (broad SMARTS) is 1. The summed E-state index contributed by atoms with van der Waals surface area (Å²) in [6.45, 7) is 1.72. The van der Waals surface area contributed by atoms with Crippen LogP contribution in [0.2, 0.25) is 0 Å². The molecule has 29 heavy (non-hydrogen) atoms. The molecule has 2 N–H and O–H groups in total. The molecule has 6 nitrogen and oxygen atoms in total. The fourth-order valence-electron chi connectivity index (χ4n) is 3.17. The molecule has 0 saturated heterocycles. The topological polar surface area (TPSA) is 78.6 Å². The van der Waals surface area contributed by atoms with Crippen molar-refractivity contribution in [2.45, 2.75) is 11.8 Å². The van der Waals surface area contributed by atoms with Gasteiger partial charge in [-0.05, 0) is 43.3 Å². The number of aliphatic carboxylic acids is 1. The Morgan fingerprint density at radius 2 is 1.86 bits per heavy atom. The molecule has 4 rings (SSSR count). The standard InChI is InChI=1S/C22H19N3O3S/c1-15-17(22(28)25(23-15)16-8-3-2-4-9-16)10-7-13-20-24(14-21(26)27)18-11-5-6-12-19(18)29-20/h2-13,28H,14H2,1H3,(H,26,27). The summed E-state index contributed by atoms with van der Waals surface area (Å²) in [5.74, 6) is -0.831. The van der Waals surface area contributed by atoms with Crippen LogP contribution < -0.4 is 4.90 Å². The van der Waals surface area contributed by atoms with Gasteiger partial charge in [0.2, 0.25) is 5.88 Å². The molecule has 3 aromatic rings. The number of carbonyl (C=O) groups is 1. The lowest BCUT2D eigenvalue weighted by molar-refractivity contribution is -0.135. The number of thioether (sulfide) groups is 1. The summed E-state index contributed by atoms with van der Waals surface area (Å²) in [5.41, 5.74) is 2.98. The summed E-state index contributed by atoms with van der Waals surface area (Å²) in [5, 5.41) is 25.1. The first-order valence-corrected chi connectivity index (χ1v) is 9.85. The quantitative estimate of drug-likeness (QED) is 0.653. The van der Waals surface area contributed by atoms with Crippen molar-refractivity contribution >= 4 is 29.5 Å². The average molecular weight is 405 g/mol. The second kappa shape index (κ2) is 7.89. The molecule has 0 spiro atoms. The first kappa shape index (κ1) is 18.9. The molecule has 146 valence electrons. The van der Waals surface area contributed by atoms with Crippen molar-refractivity contribution in [2.75, 3.05) is 11.4 Å². The summed E-state index contributed by atoms with van der Waals surface area (Å²) in [6.07, 6.45) is 5.45. The molecule has 2 aromatic carbocycles. The summed E-state index contributed by atoms with van der Waals surface area (Å²) < 4.78 is 1.50. The zero-order chi connectivity index (χ0) is 20.4. The van der Waals surface area contributed by atoms with Gasteiger partial charge < -0.3 is 15.1 Å². The maximum Gasteiger partial charge on any atom is 0.323 e. The highest BCUT2D eigenvalue weighted by Gasteiger charge is 2.25. The lowest BCUT2D eigenvalue weighted by Gasteiger charge is -2.17. The molecule has 1 aliphatic rings. The van der Waals surface area contributed by atoms with Crippen LogP contribution in [0.15, 0.2) is 76.7 Å². The number of aromatic nitrogens is 2. The van der Waals surface area contributed by atoms with E-state index in [1.54, 1.807) is 11.0 Å². The minimum Gasteiger partial charge on any atom is -0.493 e. The minimum atomic E-state index is -0.894. The van der Waals surface area contributed by atoms with Crippen molar-refractivity contribution in [3.05, 3.63) is 83.0 Å². The van der Waals surface area contributed by atoms with E-state index < -0.39 is 5.97 Å². The van der Waals surface area contributed by atoms with Crippen LogP contribution in [-0.4, -0.2) is 32.5 Å². The van der Waals surface area contributed by atoms with Gasteiger partial charge in [0.1, 0.15) is 6.54 Å². The number of hydrogen-bond acceptors (Lipinski definition) is 5. The van der Waals surface area contributed by atoms with E-state index in [0.717, 1.165) is 21.3 Å². The van der Waals surface area contributed by atoms with Crippen molar-refractivity contribution in [2.24, 2.45) is 0 Å². The van der Waals surface area contributed by atoms with Crippen molar-refractivity contribution in [3.63, 3.8) is 0 Å². The summed E-state index contributed by atoms with van der Waals surface area (Å²) >= 11 is 1.52. The fraction of sp³-hybridized carbons (Fsp3) is 0.0909. The molecule has 0 bridgehead atoms. The normalized spacial score (nSPS) is 14.7. The SMILES string of the molecule is Cc1nn(-c2ccccc2)c(O)c1C=CC=C1Sc2ccccc2N1CC(=O)O. The Kier molecular flexibility index (Phi) is 5.14.